The monoisotopic (exact) mass is 291 g/mol. The first kappa shape index (κ1) is 13.3. The SMILES string of the molecule is O=C1NC(=O)C2(CCN(C(=O)c3ccc(=O)oc3)CC2)N1. The maximum absolute atomic E-state index is 12.2. The van der Waals surface area contributed by atoms with Gasteiger partial charge < -0.3 is 14.6 Å². The summed E-state index contributed by atoms with van der Waals surface area (Å²) in [5.41, 5.74) is -1.14. The van der Waals surface area contributed by atoms with Crippen LogP contribution in [-0.2, 0) is 4.79 Å². The molecular weight excluding hydrogens is 278 g/mol. The zero-order valence-corrected chi connectivity index (χ0v) is 11.0. The number of urea groups is 1. The summed E-state index contributed by atoms with van der Waals surface area (Å²) in [4.78, 5) is 47.7. The van der Waals surface area contributed by atoms with Gasteiger partial charge in [-0.15, -0.1) is 0 Å². The standard InChI is InChI=1S/C13H13N3O5/c17-9-2-1-8(7-21-9)10(18)16-5-3-13(4-6-16)11(19)14-12(20)15-13/h1-2,7H,3-6H2,(H2,14,15,19,20). The van der Waals surface area contributed by atoms with Gasteiger partial charge in [-0.3, -0.25) is 14.9 Å². The minimum absolute atomic E-state index is 0.265. The van der Waals surface area contributed by atoms with E-state index in [1.807, 2.05) is 0 Å². The number of rotatable bonds is 1. The van der Waals surface area contributed by atoms with Crippen molar-refractivity contribution in [2.24, 2.45) is 0 Å². The first-order valence-corrected chi connectivity index (χ1v) is 6.52. The topological polar surface area (TPSA) is 109 Å². The second-order valence-electron chi connectivity index (χ2n) is 5.13. The van der Waals surface area contributed by atoms with Gasteiger partial charge in [0, 0.05) is 19.2 Å². The highest BCUT2D eigenvalue weighted by molar-refractivity contribution is 6.07. The first-order valence-electron chi connectivity index (χ1n) is 6.52. The summed E-state index contributed by atoms with van der Waals surface area (Å²) in [6.07, 6.45) is 1.83. The fraction of sp³-hybridized carbons (Fsp3) is 0.385. The molecular formula is C13H13N3O5. The Morgan fingerprint density at radius 3 is 2.43 bits per heavy atom. The summed E-state index contributed by atoms with van der Waals surface area (Å²) in [6.45, 7) is 0.678. The maximum Gasteiger partial charge on any atom is 0.335 e. The number of carbonyl (C=O) groups is 3. The number of likely N-dealkylation sites (tertiary alicyclic amines) is 1. The van der Waals surface area contributed by atoms with Gasteiger partial charge in [-0.05, 0) is 18.9 Å². The molecule has 0 unspecified atom stereocenters. The fourth-order valence-electron chi connectivity index (χ4n) is 2.63. The predicted molar refractivity (Wildman–Crippen MR) is 69.5 cm³/mol. The van der Waals surface area contributed by atoms with Crippen LogP contribution in [0.2, 0.25) is 0 Å². The third-order valence-corrected chi connectivity index (χ3v) is 3.87. The van der Waals surface area contributed by atoms with E-state index in [1.165, 1.54) is 12.1 Å². The van der Waals surface area contributed by atoms with Gasteiger partial charge in [0.05, 0.1) is 5.56 Å². The molecule has 0 aliphatic carbocycles. The van der Waals surface area contributed by atoms with Gasteiger partial charge in [-0.2, -0.15) is 0 Å². The van der Waals surface area contributed by atoms with E-state index in [-0.39, 0.29) is 17.4 Å². The van der Waals surface area contributed by atoms with Gasteiger partial charge in [0.2, 0.25) is 0 Å². The number of piperidine rings is 1. The number of nitrogens with zero attached hydrogens (tertiary/aromatic N) is 1. The highest BCUT2D eigenvalue weighted by atomic mass is 16.4. The lowest BCUT2D eigenvalue weighted by Gasteiger charge is -2.36. The molecule has 8 heteroatoms. The molecule has 3 rings (SSSR count). The van der Waals surface area contributed by atoms with Crippen LogP contribution in [0.1, 0.15) is 23.2 Å². The van der Waals surface area contributed by atoms with Gasteiger partial charge in [0.1, 0.15) is 11.8 Å². The Morgan fingerprint density at radius 2 is 1.90 bits per heavy atom. The molecule has 2 fully saturated rings. The number of imide groups is 1. The Morgan fingerprint density at radius 1 is 1.19 bits per heavy atom. The molecule has 8 nitrogen and oxygen atoms in total. The van der Waals surface area contributed by atoms with E-state index in [1.54, 1.807) is 4.90 Å². The number of hydrogen-bond donors (Lipinski definition) is 2. The third kappa shape index (κ3) is 2.28. The molecule has 1 spiro atoms. The fourth-order valence-corrected chi connectivity index (χ4v) is 2.63. The number of carbonyl (C=O) groups excluding carboxylic acids is 3. The van der Waals surface area contributed by atoms with Crippen molar-refractivity contribution < 1.29 is 18.8 Å². The van der Waals surface area contributed by atoms with Crippen LogP contribution >= 0.6 is 0 Å². The summed E-state index contributed by atoms with van der Waals surface area (Å²) in [5, 5.41) is 4.85. The number of amides is 4. The summed E-state index contributed by atoms with van der Waals surface area (Å²) < 4.78 is 4.67. The van der Waals surface area contributed by atoms with Crippen molar-refractivity contribution in [2.45, 2.75) is 18.4 Å². The average Bonchev–Trinajstić information content (AvgIpc) is 2.74. The zero-order chi connectivity index (χ0) is 15.0. The van der Waals surface area contributed by atoms with Crippen molar-refractivity contribution in [3.8, 4) is 0 Å². The maximum atomic E-state index is 12.2. The molecule has 2 aliphatic heterocycles. The second kappa shape index (κ2) is 4.72. The predicted octanol–water partition coefficient (Wildman–Crippen LogP) is -0.546. The lowest BCUT2D eigenvalue weighted by atomic mass is 9.87. The van der Waals surface area contributed by atoms with Crippen LogP contribution in [0.25, 0.3) is 0 Å². The second-order valence-corrected chi connectivity index (χ2v) is 5.13. The van der Waals surface area contributed by atoms with Gasteiger partial charge in [-0.1, -0.05) is 0 Å². The Labute approximate surface area is 119 Å². The van der Waals surface area contributed by atoms with Crippen LogP contribution < -0.4 is 16.3 Å². The largest absolute Gasteiger partial charge is 0.430 e. The molecule has 0 atom stereocenters. The third-order valence-electron chi connectivity index (χ3n) is 3.87. The average molecular weight is 291 g/mol. The summed E-state index contributed by atoms with van der Waals surface area (Å²) >= 11 is 0. The molecule has 2 aliphatic rings. The smallest absolute Gasteiger partial charge is 0.335 e. The molecule has 1 aromatic heterocycles. The number of hydrogen-bond acceptors (Lipinski definition) is 5. The quantitative estimate of drug-likeness (QED) is 0.675. The zero-order valence-electron chi connectivity index (χ0n) is 11.0. The molecule has 1 aromatic rings. The van der Waals surface area contributed by atoms with Crippen LogP contribution in [0.4, 0.5) is 4.79 Å². The van der Waals surface area contributed by atoms with Crippen molar-refractivity contribution in [3.63, 3.8) is 0 Å². The van der Waals surface area contributed by atoms with Crippen molar-refractivity contribution in [1.29, 1.82) is 0 Å². The molecule has 0 aromatic carbocycles. The minimum Gasteiger partial charge on any atom is -0.430 e. The summed E-state index contributed by atoms with van der Waals surface area (Å²) in [5.74, 6) is -0.608. The molecule has 110 valence electrons. The van der Waals surface area contributed by atoms with Crippen molar-refractivity contribution in [3.05, 3.63) is 34.4 Å². The van der Waals surface area contributed by atoms with Gasteiger partial charge in [-0.25, -0.2) is 9.59 Å². The van der Waals surface area contributed by atoms with Crippen LogP contribution in [0.3, 0.4) is 0 Å². The van der Waals surface area contributed by atoms with Crippen molar-refractivity contribution in [1.82, 2.24) is 15.5 Å². The Hall–Kier alpha value is -2.64. The van der Waals surface area contributed by atoms with Gasteiger partial charge >= 0.3 is 11.7 Å². The van der Waals surface area contributed by atoms with Gasteiger partial charge in [0.15, 0.2) is 0 Å². The Balaban J connectivity index is 1.70. The Bertz CT molecular complexity index is 652. The van der Waals surface area contributed by atoms with Crippen LogP contribution in [0.15, 0.2) is 27.6 Å². The normalized spacial score (nSPS) is 20.3. The highest BCUT2D eigenvalue weighted by Gasteiger charge is 2.48. The summed E-state index contributed by atoms with van der Waals surface area (Å²) in [6, 6.07) is 2.09. The molecule has 2 saturated heterocycles. The highest BCUT2D eigenvalue weighted by Crippen LogP contribution is 2.26. The van der Waals surface area contributed by atoms with E-state index >= 15 is 0 Å². The minimum atomic E-state index is -0.906. The lowest BCUT2D eigenvalue weighted by molar-refractivity contribution is -0.125. The lowest BCUT2D eigenvalue weighted by Crippen LogP contribution is -2.55. The van der Waals surface area contributed by atoms with Gasteiger partial charge in [0.25, 0.3) is 11.8 Å². The molecule has 0 bridgehead atoms. The molecule has 21 heavy (non-hydrogen) atoms. The molecule has 2 N–H and O–H groups in total. The molecule has 3 heterocycles. The van der Waals surface area contributed by atoms with E-state index in [9.17, 15) is 19.2 Å². The molecule has 4 amide bonds. The van der Waals surface area contributed by atoms with E-state index in [2.05, 4.69) is 15.1 Å². The van der Waals surface area contributed by atoms with Crippen LogP contribution in [0.5, 0.6) is 0 Å². The van der Waals surface area contributed by atoms with Crippen molar-refractivity contribution in [2.75, 3.05) is 13.1 Å². The summed E-state index contributed by atoms with van der Waals surface area (Å²) in [7, 11) is 0. The van der Waals surface area contributed by atoms with Crippen LogP contribution in [0, 0.1) is 0 Å². The molecule has 0 radical (unpaired) electrons. The first-order chi connectivity index (χ1) is 10.00. The number of nitrogens with one attached hydrogen (secondary N) is 2. The van der Waals surface area contributed by atoms with E-state index < -0.39 is 17.2 Å². The van der Waals surface area contributed by atoms with E-state index in [4.69, 9.17) is 0 Å². The van der Waals surface area contributed by atoms with Crippen molar-refractivity contribution >= 4 is 17.8 Å². The van der Waals surface area contributed by atoms with Crippen LogP contribution in [-0.4, -0.2) is 41.4 Å². The van der Waals surface area contributed by atoms with E-state index in [0.29, 0.717) is 25.9 Å². The Kier molecular flexibility index (Phi) is 3.00. The molecule has 0 saturated carbocycles. The van der Waals surface area contributed by atoms with E-state index in [0.717, 1.165) is 6.26 Å².